The number of likely N-dealkylation sites (N-methyl/N-ethyl adjacent to an activating group) is 1. The van der Waals surface area contributed by atoms with E-state index in [1.54, 1.807) is 7.05 Å². The molecule has 0 radical (unpaired) electrons. The molecule has 2 amide bonds. The maximum Gasteiger partial charge on any atom is 0.241 e. The Balaban J connectivity index is 1.66. The Morgan fingerprint density at radius 3 is 2.47 bits per heavy atom. The van der Waals surface area contributed by atoms with Crippen LogP contribution in [0.5, 0.6) is 0 Å². The third-order valence-electron chi connectivity index (χ3n) is 4.19. The predicted molar refractivity (Wildman–Crippen MR) is 71.3 cm³/mol. The Labute approximate surface area is 114 Å². The highest BCUT2D eigenvalue weighted by Gasteiger charge is 2.31. The Bertz CT molecular complexity index is 336. The van der Waals surface area contributed by atoms with Crippen molar-refractivity contribution in [2.24, 2.45) is 11.8 Å². The van der Waals surface area contributed by atoms with Gasteiger partial charge in [-0.05, 0) is 31.6 Å². The van der Waals surface area contributed by atoms with Gasteiger partial charge in [-0.3, -0.25) is 9.59 Å². The average molecular weight is 268 g/mol. The number of amides is 2. The minimum Gasteiger partial charge on any atom is -0.391 e. The number of carbonyl (C=O) groups is 2. The van der Waals surface area contributed by atoms with Gasteiger partial charge in [0.15, 0.2) is 0 Å². The molecule has 0 aromatic rings. The van der Waals surface area contributed by atoms with Crippen LogP contribution in [0.1, 0.15) is 38.5 Å². The quantitative estimate of drug-likeness (QED) is 0.738. The summed E-state index contributed by atoms with van der Waals surface area (Å²) in [4.78, 5) is 25.1. The number of aliphatic hydroxyl groups is 1. The highest BCUT2D eigenvalue weighted by atomic mass is 16.3. The molecule has 0 aromatic carbocycles. The van der Waals surface area contributed by atoms with E-state index in [-0.39, 0.29) is 24.3 Å². The number of hydrogen-bond acceptors (Lipinski definition) is 3. The normalized spacial score (nSPS) is 21.2. The maximum absolute atomic E-state index is 11.8. The molecule has 2 saturated carbocycles. The molecule has 2 rings (SSSR count). The first kappa shape index (κ1) is 14.3. The first-order valence-corrected chi connectivity index (χ1v) is 7.27. The third kappa shape index (κ3) is 4.20. The van der Waals surface area contributed by atoms with Crippen molar-refractivity contribution in [1.29, 1.82) is 0 Å². The number of carbonyl (C=O) groups excluding carboxylic acids is 2. The van der Waals surface area contributed by atoms with E-state index >= 15 is 0 Å². The fourth-order valence-electron chi connectivity index (χ4n) is 2.64. The van der Waals surface area contributed by atoms with Gasteiger partial charge in [0.25, 0.3) is 0 Å². The van der Waals surface area contributed by atoms with Crippen LogP contribution in [0.2, 0.25) is 0 Å². The summed E-state index contributed by atoms with van der Waals surface area (Å²) in [5.41, 5.74) is 0. The lowest BCUT2D eigenvalue weighted by Gasteiger charge is -2.21. The van der Waals surface area contributed by atoms with Crippen molar-refractivity contribution in [1.82, 2.24) is 10.2 Å². The standard InChI is InChI=1S/C14H24N2O3/c1-16(9-12(17)10-6-7-10)13(18)8-15-14(19)11-4-2-3-5-11/h10-12,17H,2-9H2,1H3,(H,15,19). The molecule has 2 aliphatic carbocycles. The molecule has 5 heteroatoms. The van der Waals surface area contributed by atoms with E-state index in [1.165, 1.54) is 4.90 Å². The lowest BCUT2D eigenvalue weighted by molar-refractivity contribution is -0.133. The number of rotatable bonds is 6. The zero-order valence-electron chi connectivity index (χ0n) is 11.6. The molecular formula is C14H24N2O3. The van der Waals surface area contributed by atoms with Gasteiger partial charge in [-0.25, -0.2) is 0 Å². The summed E-state index contributed by atoms with van der Waals surface area (Å²) in [6.45, 7) is 0.409. The van der Waals surface area contributed by atoms with E-state index in [0.717, 1.165) is 38.5 Å². The molecule has 108 valence electrons. The van der Waals surface area contributed by atoms with Gasteiger partial charge >= 0.3 is 0 Å². The van der Waals surface area contributed by atoms with Crippen LogP contribution in [-0.2, 0) is 9.59 Å². The van der Waals surface area contributed by atoms with Crippen LogP contribution >= 0.6 is 0 Å². The molecule has 0 aliphatic heterocycles. The van der Waals surface area contributed by atoms with Crippen LogP contribution < -0.4 is 5.32 Å². The van der Waals surface area contributed by atoms with Crippen molar-refractivity contribution in [3.05, 3.63) is 0 Å². The van der Waals surface area contributed by atoms with E-state index in [2.05, 4.69) is 5.32 Å². The zero-order valence-corrected chi connectivity index (χ0v) is 11.6. The van der Waals surface area contributed by atoms with Gasteiger partial charge in [-0.1, -0.05) is 12.8 Å². The van der Waals surface area contributed by atoms with Crippen LogP contribution in [0.25, 0.3) is 0 Å². The molecule has 0 spiro atoms. The van der Waals surface area contributed by atoms with Gasteiger partial charge in [0.05, 0.1) is 12.6 Å². The van der Waals surface area contributed by atoms with Crippen molar-refractivity contribution in [2.75, 3.05) is 20.1 Å². The molecule has 2 N–H and O–H groups in total. The second-order valence-corrected chi connectivity index (χ2v) is 5.88. The smallest absolute Gasteiger partial charge is 0.241 e. The maximum atomic E-state index is 11.8. The molecule has 2 fully saturated rings. The van der Waals surface area contributed by atoms with Crippen LogP contribution in [0.4, 0.5) is 0 Å². The Hall–Kier alpha value is -1.10. The number of nitrogens with one attached hydrogen (secondary N) is 1. The van der Waals surface area contributed by atoms with Crippen LogP contribution in [0, 0.1) is 11.8 Å². The molecule has 0 saturated heterocycles. The molecule has 0 heterocycles. The van der Waals surface area contributed by atoms with E-state index in [1.807, 2.05) is 0 Å². The van der Waals surface area contributed by atoms with E-state index in [4.69, 9.17) is 0 Å². The summed E-state index contributed by atoms with van der Waals surface area (Å²) >= 11 is 0. The second-order valence-electron chi connectivity index (χ2n) is 5.88. The zero-order chi connectivity index (χ0) is 13.8. The Kier molecular flexibility index (Phi) is 4.80. The molecule has 1 atom stereocenters. The minimum absolute atomic E-state index is 0.00184. The fourth-order valence-corrected chi connectivity index (χ4v) is 2.64. The van der Waals surface area contributed by atoms with Crippen molar-refractivity contribution >= 4 is 11.8 Å². The molecule has 2 aliphatic rings. The topological polar surface area (TPSA) is 69.6 Å². The van der Waals surface area contributed by atoms with Crippen LogP contribution in [0.15, 0.2) is 0 Å². The van der Waals surface area contributed by atoms with E-state index < -0.39 is 6.10 Å². The summed E-state index contributed by atoms with van der Waals surface area (Å²) in [7, 11) is 1.68. The summed E-state index contributed by atoms with van der Waals surface area (Å²) in [6, 6.07) is 0. The fraction of sp³-hybridized carbons (Fsp3) is 0.857. The SMILES string of the molecule is CN(CC(O)C1CC1)C(=O)CNC(=O)C1CCCC1. The first-order valence-electron chi connectivity index (χ1n) is 7.27. The lowest BCUT2D eigenvalue weighted by atomic mass is 10.1. The van der Waals surface area contributed by atoms with Crippen molar-refractivity contribution in [3.8, 4) is 0 Å². The van der Waals surface area contributed by atoms with Gasteiger partial charge < -0.3 is 15.3 Å². The summed E-state index contributed by atoms with van der Waals surface area (Å²) in [5.74, 6) is 0.325. The molecule has 5 nitrogen and oxygen atoms in total. The number of hydrogen-bond donors (Lipinski definition) is 2. The predicted octanol–water partition coefficient (Wildman–Crippen LogP) is 0.522. The van der Waals surface area contributed by atoms with Crippen molar-refractivity contribution in [3.63, 3.8) is 0 Å². The van der Waals surface area contributed by atoms with E-state index in [0.29, 0.717) is 12.5 Å². The third-order valence-corrected chi connectivity index (χ3v) is 4.19. The largest absolute Gasteiger partial charge is 0.391 e. The lowest BCUT2D eigenvalue weighted by Crippen LogP contribution is -2.42. The average Bonchev–Trinajstić information content (AvgIpc) is 3.10. The Morgan fingerprint density at radius 1 is 1.26 bits per heavy atom. The highest BCUT2D eigenvalue weighted by molar-refractivity contribution is 5.85. The van der Waals surface area contributed by atoms with Gasteiger partial charge in [-0.15, -0.1) is 0 Å². The molecule has 1 unspecified atom stereocenters. The minimum atomic E-state index is -0.417. The van der Waals surface area contributed by atoms with Gasteiger partial charge in [-0.2, -0.15) is 0 Å². The molecule has 19 heavy (non-hydrogen) atoms. The van der Waals surface area contributed by atoms with Crippen molar-refractivity contribution in [2.45, 2.75) is 44.6 Å². The molecule has 0 bridgehead atoms. The number of nitrogens with zero attached hydrogens (tertiary/aromatic N) is 1. The van der Waals surface area contributed by atoms with Gasteiger partial charge in [0, 0.05) is 19.5 Å². The van der Waals surface area contributed by atoms with Crippen LogP contribution in [0.3, 0.4) is 0 Å². The summed E-state index contributed by atoms with van der Waals surface area (Å²) in [5, 5.41) is 12.5. The van der Waals surface area contributed by atoms with Gasteiger partial charge in [0.2, 0.25) is 11.8 Å². The monoisotopic (exact) mass is 268 g/mol. The van der Waals surface area contributed by atoms with E-state index in [9.17, 15) is 14.7 Å². The molecule has 0 aromatic heterocycles. The first-order chi connectivity index (χ1) is 9.08. The highest BCUT2D eigenvalue weighted by Crippen LogP contribution is 2.32. The van der Waals surface area contributed by atoms with Crippen molar-refractivity contribution < 1.29 is 14.7 Å². The summed E-state index contributed by atoms with van der Waals surface area (Å²) < 4.78 is 0. The Morgan fingerprint density at radius 2 is 1.89 bits per heavy atom. The summed E-state index contributed by atoms with van der Waals surface area (Å²) in [6.07, 6.45) is 5.80. The molecular weight excluding hydrogens is 244 g/mol. The second kappa shape index (κ2) is 6.37. The number of aliphatic hydroxyl groups excluding tert-OH is 1. The van der Waals surface area contributed by atoms with Crippen LogP contribution in [-0.4, -0.2) is 48.1 Å². The van der Waals surface area contributed by atoms with Gasteiger partial charge in [0.1, 0.15) is 0 Å².